The van der Waals surface area contributed by atoms with Crippen LogP contribution in [0.4, 0.5) is 0 Å². The first kappa shape index (κ1) is 47.4. The summed E-state index contributed by atoms with van der Waals surface area (Å²) in [7, 11) is 0. The number of hydrogen-bond donors (Lipinski definition) is 7. The molecule has 58 heavy (non-hydrogen) atoms. The zero-order valence-electron chi connectivity index (χ0n) is 35.9. The molecule has 2 saturated carbocycles. The van der Waals surface area contributed by atoms with Gasteiger partial charge < -0.3 is 40.7 Å². The van der Waals surface area contributed by atoms with Crippen molar-refractivity contribution in [3.05, 3.63) is 23.8 Å². The van der Waals surface area contributed by atoms with Gasteiger partial charge in [-0.1, -0.05) is 52.3 Å². The quantitative estimate of drug-likeness (QED) is 0.0883. The van der Waals surface area contributed by atoms with Gasteiger partial charge in [-0.05, 0) is 96.5 Å². The molecule has 3 fully saturated rings. The van der Waals surface area contributed by atoms with Gasteiger partial charge in [0.25, 0.3) is 5.91 Å². The molecule has 1 heterocycles. The van der Waals surface area contributed by atoms with E-state index in [1.807, 2.05) is 31.7 Å². The van der Waals surface area contributed by atoms with Crippen molar-refractivity contribution in [3.63, 3.8) is 0 Å². The monoisotopic (exact) mass is 856 g/mol. The molecular formula is C44H70Cl2N2O10. The second-order valence-corrected chi connectivity index (χ2v) is 20.9. The molecule has 1 aliphatic heterocycles. The van der Waals surface area contributed by atoms with E-state index in [0.29, 0.717) is 45.2 Å². The molecule has 0 spiro atoms. The van der Waals surface area contributed by atoms with Gasteiger partial charge in [-0.2, -0.15) is 0 Å². The maximum Gasteiger partial charge on any atom is 0.311 e. The number of nitrogens with zero attached hydrogens (tertiary/aromatic N) is 1. The van der Waals surface area contributed by atoms with E-state index in [2.05, 4.69) is 11.4 Å². The van der Waals surface area contributed by atoms with Crippen LogP contribution in [-0.2, 0) is 19.1 Å². The lowest BCUT2D eigenvalue weighted by molar-refractivity contribution is -0.193. The van der Waals surface area contributed by atoms with Crippen molar-refractivity contribution < 1.29 is 49.8 Å². The molecule has 2 unspecified atom stereocenters. The lowest BCUT2D eigenvalue weighted by Gasteiger charge is -2.63. The smallest absolute Gasteiger partial charge is 0.311 e. The number of ketones is 1. The summed E-state index contributed by atoms with van der Waals surface area (Å²) in [6.45, 7) is 16.2. The molecule has 4 aliphatic carbocycles. The molecule has 0 aromatic carbocycles. The minimum Gasteiger partial charge on any atom is -0.459 e. The normalized spacial score (nSPS) is 49.4. The van der Waals surface area contributed by atoms with Crippen LogP contribution >= 0.6 is 23.2 Å². The molecule has 0 aromatic heterocycles. The van der Waals surface area contributed by atoms with E-state index < -0.39 is 92.1 Å². The van der Waals surface area contributed by atoms with Crippen LogP contribution in [0.5, 0.6) is 0 Å². The highest BCUT2D eigenvalue weighted by atomic mass is 35.5. The molecule has 5 aliphatic rings. The Hall–Kier alpha value is -1.61. The Morgan fingerprint density at radius 2 is 1.66 bits per heavy atom. The van der Waals surface area contributed by atoms with Crippen LogP contribution in [0.25, 0.3) is 0 Å². The Morgan fingerprint density at radius 1 is 1.00 bits per heavy atom. The number of allylic oxidation sites excluding steroid dienone is 4. The Morgan fingerprint density at radius 3 is 2.29 bits per heavy atom. The zero-order valence-corrected chi connectivity index (χ0v) is 37.4. The number of fused-ring (bicyclic) bond motifs is 5. The fourth-order valence-electron chi connectivity index (χ4n) is 11.9. The number of alkyl halides is 2. The summed E-state index contributed by atoms with van der Waals surface area (Å²) in [6, 6.07) is -0.690. The maximum absolute atomic E-state index is 14.1. The van der Waals surface area contributed by atoms with E-state index in [1.165, 1.54) is 20.8 Å². The fourth-order valence-corrected chi connectivity index (χ4v) is 13.1. The first-order valence-electron chi connectivity index (χ1n) is 21.4. The van der Waals surface area contributed by atoms with E-state index in [1.54, 1.807) is 26.8 Å². The Kier molecular flexibility index (Phi) is 13.8. The summed E-state index contributed by atoms with van der Waals surface area (Å²) in [5.41, 5.74) is -5.74. The minimum atomic E-state index is -1.89. The van der Waals surface area contributed by atoms with E-state index in [-0.39, 0.29) is 49.3 Å². The van der Waals surface area contributed by atoms with Gasteiger partial charge in [-0.15, -0.1) is 23.2 Å². The standard InChI is InChI=1S/C44H70Cl2N2O10/c1-10-33-42(9,56)36(52)27(5)48(23-24(2)21-41(8,55)35(51)25(3)34(50)26(4)37(53)58-33)19-11-18-47-38(54)43(57)17-15-30-31-13-12-28-20-29(49)14-16-39(28,6)44(31,46)32(45)22-40(30,43)7/h12,14,16,24-27,30-36,50-52,55-57H,10-11,13,15,17-23H2,1-9H3,(H,47,54)/t24-,25+,26-,27-,30?,31?,32+,33-,34+,35-,36-,39+,40+,41-,42-,43+,44+/m1/s1. The molecule has 12 nitrogen and oxygen atoms in total. The number of esters is 1. The molecule has 5 rings (SSSR count). The van der Waals surface area contributed by atoms with Gasteiger partial charge >= 0.3 is 5.97 Å². The summed E-state index contributed by atoms with van der Waals surface area (Å²) >= 11 is 14.9. The van der Waals surface area contributed by atoms with E-state index in [9.17, 15) is 45.0 Å². The third-order valence-corrected chi connectivity index (χ3v) is 17.3. The molecular weight excluding hydrogens is 787 g/mol. The van der Waals surface area contributed by atoms with Gasteiger partial charge in [0.2, 0.25) is 0 Å². The summed E-state index contributed by atoms with van der Waals surface area (Å²) in [5.74, 6) is -3.69. The van der Waals surface area contributed by atoms with Crippen molar-refractivity contribution in [2.24, 2.45) is 40.4 Å². The van der Waals surface area contributed by atoms with Crippen LogP contribution in [0, 0.1) is 40.4 Å². The van der Waals surface area contributed by atoms with Crippen molar-refractivity contribution >= 4 is 40.9 Å². The van der Waals surface area contributed by atoms with Gasteiger partial charge in [0.1, 0.15) is 23.4 Å². The van der Waals surface area contributed by atoms with Crippen molar-refractivity contribution in [2.45, 2.75) is 171 Å². The fraction of sp³-hybridized carbons (Fsp3) is 0.841. The number of carbonyl (C=O) groups excluding carboxylic acids is 3. The number of aliphatic hydroxyl groups is 6. The Labute approximate surface area is 354 Å². The summed E-state index contributed by atoms with van der Waals surface area (Å²) in [4.78, 5) is 40.7. The van der Waals surface area contributed by atoms with E-state index in [4.69, 9.17) is 27.9 Å². The van der Waals surface area contributed by atoms with Gasteiger partial charge in [-0.25, -0.2) is 0 Å². The molecule has 0 aromatic rings. The van der Waals surface area contributed by atoms with Gasteiger partial charge in [0.05, 0.1) is 34.0 Å². The molecule has 1 amide bonds. The van der Waals surface area contributed by atoms with Gasteiger partial charge in [-0.3, -0.25) is 19.3 Å². The maximum atomic E-state index is 14.1. The highest BCUT2D eigenvalue weighted by Gasteiger charge is 2.72. The lowest BCUT2D eigenvalue weighted by atomic mass is 9.47. The number of amides is 1. The van der Waals surface area contributed by atoms with Crippen molar-refractivity contribution in [2.75, 3.05) is 19.6 Å². The number of carbonyl (C=O) groups is 3. The SMILES string of the molecule is CC[C@H]1OC(=O)[C@H](C)[C@@H](O)[C@H](C)[C@@H](O)[C@](C)(O)C[C@@H](C)CN(CCCNC(=O)[C@@]2(O)CCC3C4CC=C5CC(=O)C=C[C@]5(C)[C@@]4(Cl)[C@@H](Cl)C[C@@]32C)[C@H](C)[C@@H](O)[C@]1(C)O. The van der Waals surface area contributed by atoms with Crippen molar-refractivity contribution in [1.82, 2.24) is 10.2 Å². The number of halogens is 2. The van der Waals surface area contributed by atoms with Crippen LogP contribution in [-0.4, -0.2) is 130 Å². The minimum absolute atomic E-state index is 0.0359. The second-order valence-electron chi connectivity index (χ2n) is 19.7. The highest BCUT2D eigenvalue weighted by molar-refractivity contribution is 6.34. The first-order valence-corrected chi connectivity index (χ1v) is 22.2. The average Bonchev–Trinajstić information content (AvgIpc) is 3.42. The molecule has 7 N–H and O–H groups in total. The van der Waals surface area contributed by atoms with Crippen LogP contribution in [0.3, 0.4) is 0 Å². The third-order valence-electron chi connectivity index (χ3n) is 15.8. The average molecular weight is 858 g/mol. The number of hydrogen-bond acceptors (Lipinski definition) is 11. The van der Waals surface area contributed by atoms with Gasteiger partial charge in [0, 0.05) is 48.8 Å². The first-order chi connectivity index (χ1) is 26.7. The molecule has 0 bridgehead atoms. The van der Waals surface area contributed by atoms with Crippen LogP contribution in [0.15, 0.2) is 23.8 Å². The van der Waals surface area contributed by atoms with E-state index >= 15 is 0 Å². The van der Waals surface area contributed by atoms with Crippen LogP contribution in [0.1, 0.15) is 114 Å². The second kappa shape index (κ2) is 16.9. The summed E-state index contributed by atoms with van der Waals surface area (Å²) in [5, 5.41) is 72.0. The summed E-state index contributed by atoms with van der Waals surface area (Å²) in [6.07, 6.45) is 3.14. The van der Waals surface area contributed by atoms with Gasteiger partial charge in [0.15, 0.2) is 5.78 Å². The lowest BCUT2D eigenvalue weighted by Crippen LogP contribution is -2.67. The number of aliphatic hydroxyl groups excluding tert-OH is 3. The van der Waals surface area contributed by atoms with E-state index in [0.717, 1.165) is 5.57 Å². The largest absolute Gasteiger partial charge is 0.459 e. The zero-order chi connectivity index (χ0) is 43.6. The molecule has 0 radical (unpaired) electrons. The molecule has 14 heteroatoms. The van der Waals surface area contributed by atoms with Crippen molar-refractivity contribution in [3.8, 4) is 0 Å². The Balaban J connectivity index is 1.32. The Bertz CT molecular complexity index is 1620. The predicted molar refractivity (Wildman–Crippen MR) is 222 cm³/mol. The van der Waals surface area contributed by atoms with Crippen molar-refractivity contribution in [1.29, 1.82) is 0 Å². The number of nitrogens with one attached hydrogen (secondary N) is 1. The number of cyclic esters (lactones) is 1. The van der Waals surface area contributed by atoms with Crippen LogP contribution in [0.2, 0.25) is 0 Å². The molecule has 1 saturated heterocycles. The summed E-state index contributed by atoms with van der Waals surface area (Å²) < 4.78 is 5.71. The third kappa shape index (κ3) is 7.87. The molecule has 330 valence electrons. The number of ether oxygens (including phenoxy) is 1. The topological polar surface area (TPSA) is 197 Å². The predicted octanol–water partition coefficient (Wildman–Crippen LogP) is 4.02. The number of rotatable bonds is 6. The van der Waals surface area contributed by atoms with Crippen LogP contribution < -0.4 is 5.32 Å². The molecule has 17 atom stereocenters. The highest BCUT2D eigenvalue weighted by Crippen LogP contribution is 2.70.